The third-order valence-corrected chi connectivity index (χ3v) is 6.40. The van der Waals surface area contributed by atoms with Crippen molar-refractivity contribution in [2.45, 2.75) is 19.5 Å². The van der Waals surface area contributed by atoms with Crippen LogP contribution in [0.4, 0.5) is 4.39 Å². The van der Waals surface area contributed by atoms with Crippen LogP contribution in [0.25, 0.3) is 15.9 Å². The van der Waals surface area contributed by atoms with Crippen LogP contribution in [-0.2, 0) is 19.5 Å². The van der Waals surface area contributed by atoms with Crippen molar-refractivity contribution in [2.75, 3.05) is 20.6 Å². The number of nitrogens with zero attached hydrogens (tertiary/aromatic N) is 4. The van der Waals surface area contributed by atoms with E-state index < -0.39 is 5.82 Å². The molecule has 27 heavy (non-hydrogen) atoms. The van der Waals surface area contributed by atoms with Gasteiger partial charge in [0.15, 0.2) is 0 Å². The van der Waals surface area contributed by atoms with Crippen LogP contribution < -0.4 is 5.56 Å². The number of carbonyl (C=O) groups excluding carboxylic acids is 1. The predicted octanol–water partition coefficient (Wildman–Crippen LogP) is 2.16. The molecule has 0 unspecified atom stereocenters. The number of benzene rings is 1. The summed E-state index contributed by atoms with van der Waals surface area (Å²) in [6.45, 7) is 1.90. The zero-order valence-electron chi connectivity index (χ0n) is 15.0. The lowest BCUT2D eigenvalue weighted by Gasteiger charge is -2.21. The predicted molar refractivity (Wildman–Crippen MR) is 101 cm³/mol. The molecule has 8 heteroatoms. The molecule has 2 aromatic heterocycles. The molecule has 1 aromatic carbocycles. The van der Waals surface area contributed by atoms with E-state index in [1.54, 1.807) is 18.4 Å². The summed E-state index contributed by atoms with van der Waals surface area (Å²) in [7, 11) is 3.70. The summed E-state index contributed by atoms with van der Waals surface area (Å²) in [5, 5.41) is 0.638. The van der Waals surface area contributed by atoms with Gasteiger partial charge in [-0.25, -0.2) is 9.37 Å². The number of thiophene rings is 1. The Bertz CT molecular complexity index is 1180. The quantitative estimate of drug-likeness (QED) is 0.596. The summed E-state index contributed by atoms with van der Waals surface area (Å²) in [4.78, 5) is 36.5. The summed E-state index contributed by atoms with van der Waals surface area (Å²) in [5.74, 6) is -0.320. The number of fused-ring (bicyclic) bond motifs is 6. The first-order chi connectivity index (χ1) is 12.9. The van der Waals surface area contributed by atoms with Crippen molar-refractivity contribution in [1.82, 2.24) is 19.4 Å². The zero-order chi connectivity index (χ0) is 18.9. The number of aromatic nitrogens is 2. The Morgan fingerprint density at radius 3 is 2.81 bits per heavy atom. The molecule has 138 valence electrons. The van der Waals surface area contributed by atoms with Gasteiger partial charge in [-0.05, 0) is 37.2 Å². The van der Waals surface area contributed by atoms with Gasteiger partial charge in [0.05, 0.1) is 23.2 Å². The van der Waals surface area contributed by atoms with Crippen LogP contribution in [0.15, 0.2) is 23.0 Å². The van der Waals surface area contributed by atoms with Crippen molar-refractivity contribution in [3.63, 3.8) is 0 Å². The van der Waals surface area contributed by atoms with E-state index in [-0.39, 0.29) is 23.6 Å². The molecule has 0 N–H and O–H groups in total. The Morgan fingerprint density at radius 2 is 2.00 bits per heavy atom. The molecule has 5 rings (SSSR count). The highest BCUT2D eigenvalue weighted by Gasteiger charge is 2.29. The number of hydrogen-bond donors (Lipinski definition) is 0. The van der Waals surface area contributed by atoms with Crippen molar-refractivity contribution in [1.29, 1.82) is 0 Å². The topological polar surface area (TPSA) is 58.4 Å². The molecular weight excluding hydrogens is 367 g/mol. The lowest BCUT2D eigenvalue weighted by molar-refractivity contribution is 0.0786. The van der Waals surface area contributed by atoms with Crippen LogP contribution in [0.2, 0.25) is 0 Å². The van der Waals surface area contributed by atoms with Crippen molar-refractivity contribution < 1.29 is 9.18 Å². The number of amides is 1. The highest BCUT2D eigenvalue weighted by Crippen LogP contribution is 2.33. The molecule has 0 fully saturated rings. The molecule has 0 radical (unpaired) electrons. The first kappa shape index (κ1) is 16.6. The lowest BCUT2D eigenvalue weighted by Crippen LogP contribution is -2.28. The number of halogens is 1. The first-order valence-electron chi connectivity index (χ1n) is 8.74. The third-order valence-electron chi connectivity index (χ3n) is 5.29. The fourth-order valence-corrected chi connectivity index (χ4v) is 5.24. The Morgan fingerprint density at radius 1 is 1.19 bits per heavy atom. The second-order valence-corrected chi connectivity index (χ2v) is 8.25. The fraction of sp³-hybridized carbons (Fsp3) is 0.316. The average Bonchev–Trinajstić information content (AvgIpc) is 2.94. The van der Waals surface area contributed by atoms with Crippen molar-refractivity contribution in [3.05, 3.63) is 56.2 Å². The summed E-state index contributed by atoms with van der Waals surface area (Å²) in [5.41, 5.74) is 1.47. The number of likely N-dealkylation sites (N-methyl/N-ethyl adjacent to an activating group) is 1. The van der Waals surface area contributed by atoms with Gasteiger partial charge < -0.3 is 9.80 Å². The second kappa shape index (κ2) is 5.71. The summed E-state index contributed by atoms with van der Waals surface area (Å²) in [6.07, 6.45) is 0.803. The molecular formula is C19H17FN4O2S. The van der Waals surface area contributed by atoms with Crippen LogP contribution in [0, 0.1) is 5.82 Å². The zero-order valence-corrected chi connectivity index (χ0v) is 15.8. The molecule has 6 nitrogen and oxygen atoms in total. The minimum absolute atomic E-state index is 0.173. The van der Waals surface area contributed by atoms with Crippen molar-refractivity contribution in [3.8, 4) is 5.69 Å². The minimum atomic E-state index is -0.503. The van der Waals surface area contributed by atoms with E-state index in [4.69, 9.17) is 4.98 Å². The van der Waals surface area contributed by atoms with Crippen LogP contribution in [0.1, 0.15) is 26.6 Å². The molecule has 0 atom stereocenters. The Balaban J connectivity index is 1.87. The van der Waals surface area contributed by atoms with Gasteiger partial charge in [0.25, 0.3) is 11.5 Å². The van der Waals surface area contributed by atoms with Gasteiger partial charge in [-0.2, -0.15) is 0 Å². The molecule has 4 heterocycles. The van der Waals surface area contributed by atoms with Crippen LogP contribution in [0.3, 0.4) is 0 Å². The molecule has 0 aliphatic carbocycles. The molecule has 0 spiro atoms. The summed E-state index contributed by atoms with van der Waals surface area (Å²) in [6, 6.07) is 3.96. The third kappa shape index (κ3) is 2.36. The van der Waals surface area contributed by atoms with Gasteiger partial charge in [-0.1, -0.05) is 0 Å². The molecule has 0 saturated heterocycles. The second-order valence-electron chi connectivity index (χ2n) is 7.16. The standard InChI is InChI=1S/C19H17FN4O2S/c1-22-6-5-11-14(8-22)27-17-16(11)19(26)24-13-4-3-10(20)7-12(13)18(25)23(2)9-15(24)21-17/h3-4,7H,5-6,8-9H2,1-2H3. The minimum Gasteiger partial charge on any atom is -0.334 e. The molecule has 1 amide bonds. The maximum absolute atomic E-state index is 13.8. The van der Waals surface area contributed by atoms with E-state index in [1.807, 2.05) is 0 Å². The molecule has 2 aliphatic heterocycles. The van der Waals surface area contributed by atoms with Crippen molar-refractivity contribution in [2.24, 2.45) is 0 Å². The smallest absolute Gasteiger partial charge is 0.267 e. The maximum atomic E-state index is 13.8. The normalized spacial score (nSPS) is 16.9. The molecule has 2 aliphatic rings. The summed E-state index contributed by atoms with van der Waals surface area (Å²) < 4.78 is 15.3. The van der Waals surface area contributed by atoms with Crippen LogP contribution in [-0.4, -0.2) is 45.9 Å². The largest absolute Gasteiger partial charge is 0.334 e. The number of hydrogen-bond acceptors (Lipinski definition) is 5. The maximum Gasteiger partial charge on any atom is 0.267 e. The van der Waals surface area contributed by atoms with Gasteiger partial charge >= 0.3 is 0 Å². The monoisotopic (exact) mass is 384 g/mol. The molecule has 0 saturated carbocycles. The van der Waals surface area contributed by atoms with E-state index >= 15 is 0 Å². The van der Waals surface area contributed by atoms with Gasteiger partial charge in [0.2, 0.25) is 0 Å². The Labute approximate surface area is 158 Å². The summed E-state index contributed by atoms with van der Waals surface area (Å²) >= 11 is 1.55. The van der Waals surface area contributed by atoms with E-state index in [1.165, 1.54) is 32.5 Å². The number of carbonyl (C=O) groups is 1. The molecule has 3 aromatic rings. The van der Waals surface area contributed by atoms with E-state index in [9.17, 15) is 14.0 Å². The highest BCUT2D eigenvalue weighted by molar-refractivity contribution is 7.18. The molecule has 0 bridgehead atoms. The average molecular weight is 384 g/mol. The fourth-order valence-electron chi connectivity index (χ4n) is 3.93. The van der Waals surface area contributed by atoms with Gasteiger partial charge in [0, 0.05) is 25.0 Å². The van der Waals surface area contributed by atoms with Gasteiger partial charge in [-0.15, -0.1) is 11.3 Å². The SMILES string of the molecule is CN1CCc2c(sc3nc4n(c(=O)c23)-c2ccc(F)cc2C(=O)N(C)C4)C1. The lowest BCUT2D eigenvalue weighted by atomic mass is 10.1. The Hall–Kier alpha value is -2.58. The van der Waals surface area contributed by atoms with Crippen LogP contribution >= 0.6 is 11.3 Å². The van der Waals surface area contributed by atoms with E-state index in [2.05, 4.69) is 11.9 Å². The van der Waals surface area contributed by atoms with E-state index in [0.717, 1.165) is 29.9 Å². The van der Waals surface area contributed by atoms with Gasteiger partial charge in [0.1, 0.15) is 16.5 Å². The number of rotatable bonds is 0. The van der Waals surface area contributed by atoms with Crippen molar-refractivity contribution >= 4 is 27.5 Å². The van der Waals surface area contributed by atoms with Crippen LogP contribution in [0.5, 0.6) is 0 Å². The van der Waals surface area contributed by atoms with Gasteiger partial charge in [-0.3, -0.25) is 14.2 Å². The highest BCUT2D eigenvalue weighted by atomic mass is 32.1. The van der Waals surface area contributed by atoms with E-state index in [0.29, 0.717) is 16.9 Å². The first-order valence-corrected chi connectivity index (χ1v) is 9.56. The Kier molecular flexibility index (Phi) is 3.50.